The molecular formula is C23H23F3N6O2S. The third kappa shape index (κ3) is 6.07. The molecule has 0 spiro atoms. The summed E-state index contributed by atoms with van der Waals surface area (Å²) >= 11 is 1.24. The van der Waals surface area contributed by atoms with Gasteiger partial charge in [-0.2, -0.15) is 13.2 Å². The summed E-state index contributed by atoms with van der Waals surface area (Å²) in [5, 5.41) is 5.80. The highest BCUT2D eigenvalue weighted by Crippen LogP contribution is 2.30. The van der Waals surface area contributed by atoms with Crippen LogP contribution in [0.1, 0.15) is 33.9 Å². The lowest BCUT2D eigenvalue weighted by Gasteiger charge is -2.35. The van der Waals surface area contributed by atoms with Gasteiger partial charge in [-0.1, -0.05) is 30.3 Å². The molecule has 184 valence electrons. The fourth-order valence-corrected chi connectivity index (χ4v) is 4.77. The summed E-state index contributed by atoms with van der Waals surface area (Å²) in [5.74, 6) is -2.47. The quantitative estimate of drug-likeness (QED) is 0.473. The predicted molar refractivity (Wildman–Crippen MR) is 127 cm³/mol. The van der Waals surface area contributed by atoms with E-state index in [4.69, 9.17) is 5.73 Å². The van der Waals surface area contributed by atoms with Crippen molar-refractivity contribution in [2.45, 2.75) is 31.5 Å². The third-order valence-corrected chi connectivity index (χ3v) is 6.40. The molecular weight excluding hydrogens is 481 g/mol. The Morgan fingerprint density at radius 2 is 1.97 bits per heavy atom. The molecule has 2 amide bonds. The van der Waals surface area contributed by atoms with Crippen LogP contribution in [-0.4, -0.2) is 47.1 Å². The zero-order valence-corrected chi connectivity index (χ0v) is 19.3. The molecule has 4 rings (SSSR count). The van der Waals surface area contributed by atoms with Gasteiger partial charge >= 0.3 is 12.1 Å². The van der Waals surface area contributed by atoms with Crippen LogP contribution in [0.5, 0.6) is 0 Å². The van der Waals surface area contributed by atoms with E-state index >= 15 is 0 Å². The first-order chi connectivity index (χ1) is 16.7. The van der Waals surface area contributed by atoms with Gasteiger partial charge in [-0.3, -0.25) is 14.6 Å². The minimum atomic E-state index is -4.94. The van der Waals surface area contributed by atoms with Crippen LogP contribution in [0.15, 0.2) is 48.8 Å². The Kier molecular flexibility index (Phi) is 7.20. The van der Waals surface area contributed by atoms with Crippen molar-refractivity contribution in [2.75, 3.05) is 29.0 Å². The van der Waals surface area contributed by atoms with Gasteiger partial charge in [0.05, 0.1) is 22.6 Å². The molecule has 0 saturated carbocycles. The molecule has 1 fully saturated rings. The third-order valence-electron chi connectivity index (χ3n) is 5.51. The number of nitrogens with two attached hydrogens (primary N) is 1. The molecule has 1 saturated heterocycles. The molecule has 35 heavy (non-hydrogen) atoms. The number of benzene rings is 1. The van der Waals surface area contributed by atoms with E-state index in [1.807, 2.05) is 40.5 Å². The highest BCUT2D eigenvalue weighted by Gasteiger charge is 2.40. The number of amides is 2. The van der Waals surface area contributed by atoms with Crippen LogP contribution >= 0.6 is 11.3 Å². The van der Waals surface area contributed by atoms with Gasteiger partial charge in [0.15, 0.2) is 5.69 Å². The summed E-state index contributed by atoms with van der Waals surface area (Å²) in [4.78, 5) is 34.6. The first kappa shape index (κ1) is 24.5. The molecule has 4 N–H and O–H groups in total. The summed E-state index contributed by atoms with van der Waals surface area (Å²) < 4.78 is 38.0. The number of rotatable bonds is 6. The number of nitrogens with zero attached hydrogens (tertiary/aromatic N) is 3. The lowest BCUT2D eigenvalue weighted by atomic mass is 10.0. The van der Waals surface area contributed by atoms with Gasteiger partial charge in [-0.25, -0.2) is 4.98 Å². The number of carbonyl (C=O) groups excluding carboxylic acids is 2. The van der Waals surface area contributed by atoms with Crippen molar-refractivity contribution in [1.29, 1.82) is 0 Å². The van der Waals surface area contributed by atoms with Gasteiger partial charge in [0, 0.05) is 31.7 Å². The van der Waals surface area contributed by atoms with E-state index in [1.165, 1.54) is 23.7 Å². The fourth-order valence-electron chi connectivity index (χ4n) is 3.91. The maximum atomic E-state index is 13.0. The lowest BCUT2D eigenvalue weighted by molar-refractivity contribution is -0.174. The first-order valence-electron chi connectivity index (χ1n) is 10.9. The average molecular weight is 505 g/mol. The first-order valence-corrected chi connectivity index (χ1v) is 11.7. The topological polar surface area (TPSA) is 113 Å². The van der Waals surface area contributed by atoms with Crippen LogP contribution in [0, 0.1) is 0 Å². The number of hydrogen-bond donors (Lipinski definition) is 3. The second kappa shape index (κ2) is 10.3. The standard InChI is InChI=1S/C23H23F3N6O2S/c24-23(25,26)22(34)29-15-7-4-10-32(13-15)17-8-9-28-12-16(17)30-21(33)19-20(27)35-18(31-19)11-14-5-2-1-3-6-14/h1-3,5-6,8-9,12,15H,4,7,10-11,13,27H2,(H,29,34)(H,30,33)/t15-/m0/s1. The Morgan fingerprint density at radius 3 is 2.71 bits per heavy atom. The second-order valence-electron chi connectivity index (χ2n) is 8.09. The summed E-state index contributed by atoms with van der Waals surface area (Å²) in [5.41, 5.74) is 8.16. The zero-order valence-electron chi connectivity index (χ0n) is 18.5. The van der Waals surface area contributed by atoms with Gasteiger partial charge < -0.3 is 21.3 Å². The van der Waals surface area contributed by atoms with Crippen LogP contribution < -0.4 is 21.3 Å². The minimum absolute atomic E-state index is 0.102. The minimum Gasteiger partial charge on any atom is -0.389 e. The summed E-state index contributed by atoms with van der Waals surface area (Å²) in [7, 11) is 0. The molecule has 3 aromatic rings. The number of piperidine rings is 1. The number of nitrogens with one attached hydrogen (secondary N) is 2. The Labute approximate surface area is 203 Å². The predicted octanol–water partition coefficient (Wildman–Crippen LogP) is 3.61. The van der Waals surface area contributed by atoms with E-state index in [9.17, 15) is 22.8 Å². The second-order valence-corrected chi connectivity index (χ2v) is 9.20. The van der Waals surface area contributed by atoms with E-state index in [0.29, 0.717) is 42.2 Å². The molecule has 1 aliphatic heterocycles. The largest absolute Gasteiger partial charge is 0.471 e. The van der Waals surface area contributed by atoms with E-state index in [-0.39, 0.29) is 17.2 Å². The monoisotopic (exact) mass is 504 g/mol. The van der Waals surface area contributed by atoms with Gasteiger partial charge in [0.2, 0.25) is 0 Å². The molecule has 0 radical (unpaired) electrons. The van der Waals surface area contributed by atoms with Crippen LogP contribution in [0.3, 0.4) is 0 Å². The van der Waals surface area contributed by atoms with Crippen LogP contribution in [0.4, 0.5) is 29.5 Å². The molecule has 0 bridgehead atoms. The van der Waals surface area contributed by atoms with Crippen molar-refractivity contribution in [1.82, 2.24) is 15.3 Å². The lowest BCUT2D eigenvalue weighted by Crippen LogP contribution is -2.51. The Balaban J connectivity index is 1.47. The molecule has 1 aliphatic rings. The molecule has 1 aromatic carbocycles. The number of thiazole rings is 1. The van der Waals surface area contributed by atoms with Crippen molar-refractivity contribution in [3.63, 3.8) is 0 Å². The number of pyridine rings is 1. The van der Waals surface area contributed by atoms with E-state index in [0.717, 1.165) is 5.56 Å². The number of anilines is 3. The Bertz CT molecular complexity index is 1200. The molecule has 0 aliphatic carbocycles. The Morgan fingerprint density at radius 1 is 1.20 bits per heavy atom. The van der Waals surface area contributed by atoms with E-state index < -0.39 is 24.0 Å². The highest BCUT2D eigenvalue weighted by molar-refractivity contribution is 7.16. The number of halogens is 3. The number of nitrogen functional groups attached to an aromatic ring is 1. The normalized spacial score (nSPS) is 16.1. The molecule has 2 aromatic heterocycles. The van der Waals surface area contributed by atoms with Crippen LogP contribution in [-0.2, 0) is 11.2 Å². The van der Waals surface area contributed by atoms with Crippen molar-refractivity contribution >= 4 is 39.5 Å². The maximum Gasteiger partial charge on any atom is 0.471 e. The molecule has 8 nitrogen and oxygen atoms in total. The SMILES string of the molecule is Nc1sc(Cc2ccccc2)nc1C(=O)Nc1cnccc1N1CCC[C@H](NC(=O)C(F)(F)F)C1. The number of carbonyl (C=O) groups is 2. The highest BCUT2D eigenvalue weighted by atomic mass is 32.1. The fraction of sp³-hybridized carbons (Fsp3) is 0.304. The molecule has 0 unspecified atom stereocenters. The van der Waals surface area contributed by atoms with Crippen molar-refractivity contribution in [2.24, 2.45) is 0 Å². The number of hydrogen-bond acceptors (Lipinski definition) is 7. The number of aromatic nitrogens is 2. The zero-order chi connectivity index (χ0) is 25.0. The number of alkyl halides is 3. The van der Waals surface area contributed by atoms with Crippen LogP contribution in [0.25, 0.3) is 0 Å². The van der Waals surface area contributed by atoms with E-state index in [1.54, 1.807) is 6.07 Å². The van der Waals surface area contributed by atoms with Gasteiger partial charge in [-0.05, 0) is 24.5 Å². The van der Waals surface area contributed by atoms with E-state index in [2.05, 4.69) is 15.3 Å². The smallest absolute Gasteiger partial charge is 0.389 e. The molecule has 1 atom stereocenters. The van der Waals surface area contributed by atoms with Gasteiger partial charge in [0.25, 0.3) is 5.91 Å². The van der Waals surface area contributed by atoms with Crippen molar-refractivity contribution in [3.05, 3.63) is 65.1 Å². The maximum absolute atomic E-state index is 13.0. The van der Waals surface area contributed by atoms with Crippen molar-refractivity contribution in [3.8, 4) is 0 Å². The summed E-state index contributed by atoms with van der Waals surface area (Å²) in [6.07, 6.45) is -0.424. The van der Waals surface area contributed by atoms with Gasteiger partial charge in [-0.15, -0.1) is 11.3 Å². The van der Waals surface area contributed by atoms with Crippen LogP contribution in [0.2, 0.25) is 0 Å². The Hall–Kier alpha value is -3.67. The molecule has 12 heteroatoms. The average Bonchev–Trinajstić information content (AvgIpc) is 3.19. The summed E-state index contributed by atoms with van der Waals surface area (Å²) in [6.45, 7) is 0.708. The molecule has 3 heterocycles. The summed E-state index contributed by atoms with van der Waals surface area (Å²) in [6, 6.07) is 10.7. The van der Waals surface area contributed by atoms with Crippen molar-refractivity contribution < 1.29 is 22.8 Å². The van der Waals surface area contributed by atoms with Gasteiger partial charge in [0.1, 0.15) is 5.00 Å².